The molecule has 0 aliphatic carbocycles. The van der Waals surface area contributed by atoms with Crippen molar-refractivity contribution in [2.24, 2.45) is 0 Å². The molecule has 0 radical (unpaired) electrons. The lowest BCUT2D eigenvalue weighted by molar-refractivity contribution is 0.0472. The molecule has 3 aromatic carbocycles. The number of carbonyl (C=O) groups excluding carboxylic acids is 2. The van der Waals surface area contributed by atoms with E-state index >= 15 is 0 Å². The highest BCUT2D eigenvalue weighted by atomic mass is 16.5. The van der Waals surface area contributed by atoms with Crippen molar-refractivity contribution in [3.63, 3.8) is 0 Å². The zero-order chi connectivity index (χ0) is 20.8. The van der Waals surface area contributed by atoms with E-state index < -0.39 is 5.97 Å². The van der Waals surface area contributed by atoms with Gasteiger partial charge in [-0.1, -0.05) is 48.5 Å². The van der Waals surface area contributed by atoms with Crippen LogP contribution in [0.4, 0.5) is 5.69 Å². The van der Waals surface area contributed by atoms with Crippen molar-refractivity contribution in [1.82, 2.24) is 9.78 Å². The molecule has 0 saturated carbocycles. The van der Waals surface area contributed by atoms with Crippen LogP contribution in [0.5, 0.6) is 0 Å². The van der Waals surface area contributed by atoms with Crippen LogP contribution in [0, 0.1) is 0 Å². The minimum atomic E-state index is -0.455. The van der Waals surface area contributed by atoms with E-state index in [4.69, 9.17) is 4.74 Å². The van der Waals surface area contributed by atoms with Crippen LogP contribution < -0.4 is 5.32 Å². The lowest BCUT2D eigenvalue weighted by Gasteiger charge is -2.07. The fraction of sp³-hybridized carbons (Fsp3) is 0.0417. The highest BCUT2D eigenvalue weighted by Gasteiger charge is 2.12. The number of ether oxygens (including phenoxy) is 1. The Morgan fingerprint density at radius 3 is 2.20 bits per heavy atom. The van der Waals surface area contributed by atoms with Gasteiger partial charge in [-0.15, -0.1) is 0 Å². The third-order valence-corrected chi connectivity index (χ3v) is 4.46. The molecule has 0 bridgehead atoms. The number of esters is 1. The average Bonchev–Trinajstić information content (AvgIpc) is 3.30. The van der Waals surface area contributed by atoms with Gasteiger partial charge in [-0.2, -0.15) is 5.10 Å². The predicted molar refractivity (Wildman–Crippen MR) is 114 cm³/mol. The van der Waals surface area contributed by atoms with Gasteiger partial charge in [0.25, 0.3) is 5.91 Å². The van der Waals surface area contributed by atoms with E-state index in [-0.39, 0.29) is 12.5 Å². The second-order valence-electron chi connectivity index (χ2n) is 6.60. The maximum Gasteiger partial charge on any atom is 0.341 e. The Morgan fingerprint density at radius 2 is 1.50 bits per heavy atom. The fourth-order valence-electron chi connectivity index (χ4n) is 2.86. The molecule has 0 saturated heterocycles. The molecular formula is C24H19N3O3. The van der Waals surface area contributed by atoms with E-state index in [0.29, 0.717) is 11.1 Å². The van der Waals surface area contributed by atoms with E-state index in [1.54, 1.807) is 35.1 Å². The number of hydrogen-bond acceptors (Lipinski definition) is 4. The molecule has 6 heteroatoms. The first kappa shape index (κ1) is 19.1. The Morgan fingerprint density at radius 1 is 0.833 bits per heavy atom. The number of nitrogens with zero attached hydrogens (tertiary/aromatic N) is 2. The molecule has 4 aromatic rings. The number of benzene rings is 3. The normalized spacial score (nSPS) is 10.4. The maximum atomic E-state index is 12.3. The van der Waals surface area contributed by atoms with Crippen molar-refractivity contribution in [1.29, 1.82) is 0 Å². The number of anilines is 1. The van der Waals surface area contributed by atoms with Crippen molar-refractivity contribution in [3.8, 4) is 5.69 Å². The SMILES string of the molecule is O=C(Nc1ccccc1)c1ccc(COC(=O)c2cnn(-c3ccccc3)c2)cc1. The molecule has 0 aliphatic heterocycles. The highest BCUT2D eigenvalue weighted by molar-refractivity contribution is 6.04. The second kappa shape index (κ2) is 8.87. The van der Waals surface area contributed by atoms with Gasteiger partial charge in [0.1, 0.15) is 6.61 Å². The Hall–Kier alpha value is -4.19. The Kier molecular flexibility index (Phi) is 5.66. The Bertz CT molecular complexity index is 1140. The summed E-state index contributed by atoms with van der Waals surface area (Å²) in [5, 5.41) is 7.03. The fourth-order valence-corrected chi connectivity index (χ4v) is 2.86. The average molecular weight is 397 g/mol. The zero-order valence-corrected chi connectivity index (χ0v) is 16.1. The number of nitrogens with one attached hydrogen (secondary N) is 1. The number of rotatable bonds is 6. The van der Waals surface area contributed by atoms with Gasteiger partial charge in [0.2, 0.25) is 0 Å². The molecule has 1 amide bonds. The van der Waals surface area contributed by atoms with Crippen LogP contribution in [-0.4, -0.2) is 21.7 Å². The summed E-state index contributed by atoms with van der Waals surface area (Å²) in [4.78, 5) is 24.6. The predicted octanol–water partition coefficient (Wildman–Crippen LogP) is 4.48. The van der Waals surface area contributed by atoms with Crippen LogP contribution in [0.15, 0.2) is 97.3 Å². The van der Waals surface area contributed by atoms with Crippen molar-refractivity contribution < 1.29 is 14.3 Å². The molecule has 4 rings (SSSR count). The zero-order valence-electron chi connectivity index (χ0n) is 16.1. The van der Waals surface area contributed by atoms with Gasteiger partial charge < -0.3 is 10.1 Å². The largest absolute Gasteiger partial charge is 0.457 e. The van der Waals surface area contributed by atoms with Crippen molar-refractivity contribution in [2.75, 3.05) is 5.32 Å². The third-order valence-electron chi connectivity index (χ3n) is 4.46. The molecule has 148 valence electrons. The molecule has 0 spiro atoms. The van der Waals surface area contributed by atoms with Gasteiger partial charge in [0, 0.05) is 17.4 Å². The quantitative estimate of drug-likeness (QED) is 0.487. The summed E-state index contributed by atoms with van der Waals surface area (Å²) in [5.41, 5.74) is 3.28. The molecule has 1 N–H and O–H groups in total. The van der Waals surface area contributed by atoms with Crippen LogP contribution in [-0.2, 0) is 11.3 Å². The van der Waals surface area contributed by atoms with Crippen LogP contribution in [0.1, 0.15) is 26.3 Å². The number of carbonyl (C=O) groups is 2. The van der Waals surface area contributed by atoms with Gasteiger partial charge in [-0.25, -0.2) is 9.48 Å². The number of para-hydroxylation sites is 2. The van der Waals surface area contributed by atoms with Gasteiger partial charge >= 0.3 is 5.97 Å². The van der Waals surface area contributed by atoms with Gasteiger partial charge in [-0.3, -0.25) is 4.79 Å². The summed E-state index contributed by atoms with van der Waals surface area (Å²) in [5.74, 6) is -0.652. The Balaban J connectivity index is 1.33. The molecule has 30 heavy (non-hydrogen) atoms. The lowest BCUT2D eigenvalue weighted by atomic mass is 10.1. The monoisotopic (exact) mass is 397 g/mol. The van der Waals surface area contributed by atoms with Crippen LogP contribution in [0.3, 0.4) is 0 Å². The van der Waals surface area contributed by atoms with Crippen LogP contribution in [0.2, 0.25) is 0 Å². The van der Waals surface area contributed by atoms with E-state index in [1.807, 2.05) is 60.7 Å². The summed E-state index contributed by atoms with van der Waals surface area (Å²) >= 11 is 0. The molecule has 0 aliphatic rings. The van der Waals surface area contributed by atoms with E-state index in [0.717, 1.165) is 16.9 Å². The first-order valence-corrected chi connectivity index (χ1v) is 9.41. The Labute approximate surface area is 173 Å². The summed E-state index contributed by atoms with van der Waals surface area (Å²) in [6, 6.07) is 25.7. The minimum Gasteiger partial charge on any atom is -0.457 e. The number of aromatic nitrogens is 2. The highest BCUT2D eigenvalue weighted by Crippen LogP contribution is 2.12. The molecule has 1 heterocycles. The lowest BCUT2D eigenvalue weighted by Crippen LogP contribution is -2.11. The number of amides is 1. The van der Waals surface area contributed by atoms with Gasteiger partial charge in [-0.05, 0) is 42.0 Å². The van der Waals surface area contributed by atoms with E-state index in [2.05, 4.69) is 10.4 Å². The topological polar surface area (TPSA) is 73.2 Å². The third kappa shape index (κ3) is 4.62. The molecule has 1 aromatic heterocycles. The molecule has 0 fully saturated rings. The minimum absolute atomic E-state index is 0.107. The summed E-state index contributed by atoms with van der Waals surface area (Å²) in [7, 11) is 0. The van der Waals surface area contributed by atoms with E-state index in [9.17, 15) is 9.59 Å². The molecule has 6 nitrogen and oxygen atoms in total. The summed E-state index contributed by atoms with van der Waals surface area (Å²) in [6.07, 6.45) is 3.11. The maximum absolute atomic E-state index is 12.3. The number of hydrogen-bond donors (Lipinski definition) is 1. The van der Waals surface area contributed by atoms with Crippen LogP contribution >= 0.6 is 0 Å². The van der Waals surface area contributed by atoms with Gasteiger partial charge in [0.05, 0.1) is 17.4 Å². The summed E-state index contributed by atoms with van der Waals surface area (Å²) < 4.78 is 6.99. The van der Waals surface area contributed by atoms with Crippen LogP contribution in [0.25, 0.3) is 5.69 Å². The molecule has 0 atom stereocenters. The second-order valence-corrected chi connectivity index (χ2v) is 6.60. The molecular weight excluding hydrogens is 378 g/mol. The van der Waals surface area contributed by atoms with Gasteiger partial charge in [0.15, 0.2) is 0 Å². The van der Waals surface area contributed by atoms with E-state index in [1.165, 1.54) is 6.20 Å². The standard InChI is InChI=1S/C24H19N3O3/c28-23(26-21-7-3-1-4-8-21)19-13-11-18(12-14-19)17-30-24(29)20-15-25-27(16-20)22-9-5-2-6-10-22/h1-16H,17H2,(H,26,28). The smallest absolute Gasteiger partial charge is 0.341 e. The summed E-state index contributed by atoms with van der Waals surface area (Å²) in [6.45, 7) is 0.107. The molecule has 0 unspecified atom stereocenters. The van der Waals surface area contributed by atoms with Crippen molar-refractivity contribution in [3.05, 3.63) is 114 Å². The first-order valence-electron chi connectivity index (χ1n) is 9.41. The van der Waals surface area contributed by atoms with Crippen molar-refractivity contribution in [2.45, 2.75) is 6.61 Å². The first-order chi connectivity index (χ1) is 14.7. The van der Waals surface area contributed by atoms with Crippen molar-refractivity contribution >= 4 is 17.6 Å².